The number of hydrogen-bond donors (Lipinski definition) is 0. The molecule has 98 heavy (non-hydrogen) atoms. The number of quaternary nitrogens is 1. The monoisotopic (exact) mass is 1320 g/mol. The van der Waals surface area contributed by atoms with Crippen LogP contribution in [-0.4, -0.2) is 32.7 Å². The molecule has 9 nitrogen and oxygen atoms in total. The third kappa shape index (κ3) is 39.4. The number of pyridine rings is 6. The molecule has 11 aromatic rings. The minimum absolute atomic E-state index is 0.135. The first-order chi connectivity index (χ1) is 46.9. The summed E-state index contributed by atoms with van der Waals surface area (Å²) in [6.45, 7) is 37.5. The summed E-state index contributed by atoms with van der Waals surface area (Å²) in [5, 5.41) is 0. The summed E-state index contributed by atoms with van der Waals surface area (Å²) in [4.78, 5) is 23.0. The second kappa shape index (κ2) is 50.6. The third-order valence-corrected chi connectivity index (χ3v) is 14.6. The van der Waals surface area contributed by atoms with Gasteiger partial charge in [0.05, 0.1) is 21.1 Å². The van der Waals surface area contributed by atoms with Crippen molar-refractivity contribution in [2.75, 3.05) is 21.1 Å². The van der Waals surface area contributed by atoms with Gasteiger partial charge in [-0.2, -0.15) is 9.13 Å². The van der Waals surface area contributed by atoms with E-state index >= 15 is 0 Å². The topological polar surface area (TPSA) is 57.4 Å². The molecule has 0 spiro atoms. The van der Waals surface area contributed by atoms with Crippen molar-refractivity contribution in [3.8, 4) is 5.69 Å². The smallest absolute Gasteiger partial charge is 0.227 e. The molecule has 9 heteroatoms. The van der Waals surface area contributed by atoms with Crippen molar-refractivity contribution in [3.63, 3.8) is 0 Å². The molecule has 0 saturated carbocycles. The van der Waals surface area contributed by atoms with Crippen molar-refractivity contribution in [1.29, 1.82) is 0 Å². The Morgan fingerprint density at radius 3 is 1.06 bits per heavy atom. The molecule has 518 valence electrons. The molecular formula is C89H122N7O2+7. The van der Waals surface area contributed by atoms with E-state index in [9.17, 15) is 9.59 Å². The second-order valence-corrected chi connectivity index (χ2v) is 24.3. The average Bonchev–Trinajstić information content (AvgIpc) is 1.13. The molecule has 0 radical (unpaired) electrons. The number of rotatable bonds is 10. The molecule has 0 fully saturated rings. The van der Waals surface area contributed by atoms with Crippen LogP contribution in [0.2, 0.25) is 0 Å². The lowest BCUT2D eigenvalue weighted by molar-refractivity contribution is -0.693. The Kier molecular flexibility index (Phi) is 44.6. The number of aryl methyl sites for hydroxylation is 14. The predicted octanol–water partition coefficient (Wildman–Crippen LogP) is 18.1. The maximum atomic E-state index is 11.9. The van der Waals surface area contributed by atoms with Crippen LogP contribution in [0.4, 0.5) is 5.69 Å². The first-order valence-electron chi connectivity index (χ1n) is 34.8. The zero-order valence-corrected chi connectivity index (χ0v) is 64.0. The van der Waals surface area contributed by atoms with Crippen LogP contribution in [-0.2, 0) is 40.2 Å². The Hall–Kier alpha value is -9.70. The summed E-state index contributed by atoms with van der Waals surface area (Å²) < 4.78 is 13.2. The molecule has 6 heterocycles. The fraction of sp³-hybridized carbons (Fsp3) is 0.303. The highest BCUT2D eigenvalue weighted by Crippen LogP contribution is 2.16. The Balaban J connectivity index is 0.000000552. The van der Waals surface area contributed by atoms with Gasteiger partial charge >= 0.3 is 0 Å². The highest BCUT2D eigenvalue weighted by molar-refractivity contribution is 5.96. The molecule has 5 aromatic carbocycles. The van der Waals surface area contributed by atoms with Crippen molar-refractivity contribution in [2.24, 2.45) is 14.1 Å². The van der Waals surface area contributed by atoms with Crippen LogP contribution < -0.4 is 31.9 Å². The minimum atomic E-state index is 0.135. The number of aromatic nitrogens is 6. The van der Waals surface area contributed by atoms with Gasteiger partial charge in [0.2, 0.25) is 18.0 Å². The van der Waals surface area contributed by atoms with E-state index < -0.39 is 0 Å². The lowest BCUT2D eigenvalue weighted by Crippen LogP contribution is -2.36. The number of hydrogen-bond acceptors (Lipinski definition) is 2. The summed E-state index contributed by atoms with van der Waals surface area (Å²) in [6, 6.07) is 69.7. The van der Waals surface area contributed by atoms with Crippen LogP contribution >= 0.6 is 0 Å². The fourth-order valence-corrected chi connectivity index (χ4v) is 8.49. The Bertz CT molecular complexity index is 3730. The minimum Gasteiger partial charge on any atom is -0.298 e. The quantitative estimate of drug-likeness (QED) is 0.0778. The van der Waals surface area contributed by atoms with Crippen molar-refractivity contribution < 1.29 is 37.0 Å². The summed E-state index contributed by atoms with van der Waals surface area (Å²) in [5.41, 5.74) is 17.1. The van der Waals surface area contributed by atoms with Crippen LogP contribution in [0.3, 0.4) is 0 Å². The van der Waals surface area contributed by atoms with Crippen LogP contribution in [0, 0.1) is 62.3 Å². The molecule has 0 N–H and O–H groups in total. The molecule has 0 saturated heterocycles. The van der Waals surface area contributed by atoms with Crippen molar-refractivity contribution in [2.45, 2.75) is 150 Å². The predicted molar refractivity (Wildman–Crippen MR) is 413 cm³/mol. The molecule has 0 atom stereocenters. The average molecular weight is 1320 g/mol. The van der Waals surface area contributed by atoms with Gasteiger partial charge < -0.3 is 0 Å². The van der Waals surface area contributed by atoms with Gasteiger partial charge in [0.1, 0.15) is 32.9 Å². The van der Waals surface area contributed by atoms with Gasteiger partial charge in [-0.25, -0.2) is 18.3 Å². The van der Waals surface area contributed by atoms with E-state index in [-0.39, 0.29) is 11.6 Å². The Labute approximate surface area is 594 Å². The van der Waals surface area contributed by atoms with Crippen LogP contribution in [0.25, 0.3) is 5.69 Å². The SMILES string of the molecule is CC.CC.CCC(=O)c1ccc(C)cc1.CC[n+]1ccc(C)cc1.CC[n+]1cccc(C)c1.CCc1ccc(C)cc1.Cc1cc[n+](C)cc1.Cc1ccc(-[n+]2ccccc2)cc1.Cc1ccc(C(=O)C[n+]2ccccc2)cc1.Cc1ccc([N+](C)(C)C)cc1.Cc1ccc[n+](C)c1. The largest absolute Gasteiger partial charge is 0.298 e. The molecule has 0 amide bonds. The van der Waals surface area contributed by atoms with Crippen LogP contribution in [0.5, 0.6) is 0 Å². The number of benzene rings is 5. The van der Waals surface area contributed by atoms with Crippen molar-refractivity contribution in [1.82, 2.24) is 4.48 Å². The molecular weight excluding hydrogens is 1200 g/mol. The van der Waals surface area contributed by atoms with Gasteiger partial charge in [-0.3, -0.25) is 14.1 Å². The maximum Gasteiger partial charge on any atom is 0.227 e. The zero-order chi connectivity index (χ0) is 73.3. The summed E-state index contributed by atoms with van der Waals surface area (Å²) in [7, 11) is 10.5. The van der Waals surface area contributed by atoms with Gasteiger partial charge in [-0.15, -0.1) is 0 Å². The van der Waals surface area contributed by atoms with E-state index in [1.807, 2.05) is 211 Å². The summed E-state index contributed by atoms with van der Waals surface area (Å²) in [6.07, 6.45) is 26.2. The fourth-order valence-electron chi connectivity index (χ4n) is 8.49. The van der Waals surface area contributed by atoms with E-state index in [1.165, 1.54) is 67.0 Å². The summed E-state index contributed by atoms with van der Waals surface area (Å²) in [5.74, 6) is 0.348. The van der Waals surface area contributed by atoms with Crippen molar-refractivity contribution in [3.05, 3.63) is 347 Å². The van der Waals surface area contributed by atoms with Crippen molar-refractivity contribution >= 4 is 17.3 Å². The molecule has 0 unspecified atom stereocenters. The molecule has 0 aliphatic carbocycles. The lowest BCUT2D eigenvalue weighted by Gasteiger charge is -2.23. The van der Waals surface area contributed by atoms with Gasteiger partial charge in [0.15, 0.2) is 80.1 Å². The highest BCUT2D eigenvalue weighted by atomic mass is 16.1. The Morgan fingerprint density at radius 1 is 0.327 bits per heavy atom. The molecule has 0 aliphatic rings. The Morgan fingerprint density at radius 2 is 0.694 bits per heavy atom. The molecule has 6 aromatic heterocycles. The zero-order valence-electron chi connectivity index (χ0n) is 64.0. The third-order valence-electron chi connectivity index (χ3n) is 14.6. The van der Waals surface area contributed by atoms with Crippen LogP contribution in [0.15, 0.2) is 281 Å². The standard InChI is InChI=1S/C14H14NO.C12H12N.C10H16N.C10H12O.C9H12.2C8H12N.2C7H10N.2C2H6/c1-12-5-7-13(8-6-12)14(16)11-15-9-3-2-4-10-15;1-11-5-7-12(8-6-11)13-9-3-2-4-10-13;1-9-5-7-10(8-6-9)11(2,3)4;1-3-10(11)9-6-4-8(2)5-7-9;2*1-3-9-6-4-8(2)5-7-9;1-3-9-6-4-5-8(2)7-9;1-7-3-5-8(2)6-4-7;1-7-4-3-5-8(2)6-7;2*1-2/h2-10H,11H2,1H3;2-10H,1H3;5-8H,1-4H3;4-7H,3H2,1-2H3;3*4-7H,3H2,1-2H3;2*3-6H,1-2H3;2*1-2H3/q3*+1;;;4*+1;;. The lowest BCUT2D eigenvalue weighted by atomic mass is 10.1. The molecule has 0 bridgehead atoms. The van der Waals surface area contributed by atoms with E-state index in [1.54, 1.807) is 0 Å². The first-order valence-corrected chi connectivity index (χ1v) is 34.8. The summed E-state index contributed by atoms with van der Waals surface area (Å²) >= 11 is 0. The van der Waals surface area contributed by atoms with Crippen LogP contribution in [0.1, 0.15) is 138 Å². The number of nitrogens with zero attached hydrogens (tertiary/aromatic N) is 7. The maximum absolute atomic E-state index is 11.9. The second-order valence-electron chi connectivity index (χ2n) is 24.3. The van der Waals surface area contributed by atoms with E-state index in [4.69, 9.17) is 0 Å². The van der Waals surface area contributed by atoms with Gasteiger partial charge in [0, 0.05) is 101 Å². The van der Waals surface area contributed by atoms with E-state index in [2.05, 4.69) is 250 Å². The number of carbonyl (C=O) groups excluding carboxylic acids is 2. The first kappa shape index (κ1) is 86.3. The van der Waals surface area contributed by atoms with Gasteiger partial charge in [-0.05, 0) is 124 Å². The molecule has 11 rings (SSSR count). The number of ketones is 2. The number of carbonyl (C=O) groups is 2. The number of Topliss-reactive ketones (excluding diaryl/α,β-unsaturated/α-hetero) is 2. The highest BCUT2D eigenvalue weighted by Gasteiger charge is 2.12. The van der Waals surface area contributed by atoms with Gasteiger partial charge in [0.25, 0.3) is 0 Å². The van der Waals surface area contributed by atoms with Gasteiger partial charge in [-0.1, -0.05) is 179 Å². The van der Waals surface area contributed by atoms with E-state index in [0.717, 1.165) is 35.1 Å². The van der Waals surface area contributed by atoms with E-state index in [0.29, 0.717) is 13.0 Å². The molecule has 0 aliphatic heterocycles. The normalized spacial score (nSPS) is 9.61.